The van der Waals surface area contributed by atoms with Crippen LogP contribution in [-0.4, -0.2) is 17.7 Å². The van der Waals surface area contributed by atoms with E-state index >= 15 is 0 Å². The van der Waals surface area contributed by atoms with Crippen LogP contribution in [0.2, 0.25) is 0 Å². The van der Waals surface area contributed by atoms with Crippen molar-refractivity contribution < 1.29 is 22.8 Å². The molecule has 0 N–H and O–H groups in total. The first kappa shape index (κ1) is 17.7. The first-order chi connectivity index (χ1) is 10.7. The van der Waals surface area contributed by atoms with Gasteiger partial charge in [-0.25, -0.2) is 0 Å². The van der Waals surface area contributed by atoms with Gasteiger partial charge in [0.1, 0.15) is 0 Å². The number of nitriles is 1. The lowest BCUT2D eigenvalue weighted by Gasteiger charge is -2.30. The van der Waals surface area contributed by atoms with Gasteiger partial charge < -0.3 is 0 Å². The number of alkyl halides is 3. The highest BCUT2D eigenvalue weighted by Crippen LogP contribution is 2.41. The summed E-state index contributed by atoms with van der Waals surface area (Å²) in [6.07, 6.45) is -4.07. The lowest BCUT2D eigenvalue weighted by atomic mass is 9.75. The fourth-order valence-corrected chi connectivity index (χ4v) is 3.78. The van der Waals surface area contributed by atoms with Gasteiger partial charge in [-0.05, 0) is 38.3 Å². The van der Waals surface area contributed by atoms with E-state index in [1.807, 2.05) is 0 Å². The average Bonchev–Trinajstić information content (AvgIpc) is 2.93. The van der Waals surface area contributed by atoms with Crippen molar-refractivity contribution in [2.75, 3.05) is 0 Å². The minimum absolute atomic E-state index is 0.00255. The molecule has 0 spiro atoms. The van der Waals surface area contributed by atoms with Gasteiger partial charge in [-0.1, -0.05) is 6.42 Å². The van der Waals surface area contributed by atoms with E-state index in [1.165, 1.54) is 11.3 Å². The number of thiophene rings is 1. The smallest absolute Gasteiger partial charge is 0.297 e. The zero-order valence-corrected chi connectivity index (χ0v) is 13.3. The summed E-state index contributed by atoms with van der Waals surface area (Å²) < 4.78 is 38.5. The van der Waals surface area contributed by atoms with E-state index in [2.05, 4.69) is 0 Å². The molecular weight excluding hydrogens is 327 g/mol. The number of carbonyl (C=O) groups is 2. The molecule has 3 unspecified atom stereocenters. The van der Waals surface area contributed by atoms with E-state index in [-0.39, 0.29) is 19.3 Å². The van der Waals surface area contributed by atoms with Gasteiger partial charge in [0.15, 0.2) is 17.5 Å². The third kappa shape index (κ3) is 3.99. The maximum atomic E-state index is 12.8. The van der Waals surface area contributed by atoms with Crippen molar-refractivity contribution in [3.8, 4) is 6.07 Å². The molecular formula is C16H16F3NO2S. The number of hydrogen-bond acceptors (Lipinski definition) is 4. The molecule has 3 atom stereocenters. The van der Waals surface area contributed by atoms with Crippen molar-refractivity contribution in [1.29, 1.82) is 5.26 Å². The lowest BCUT2D eigenvalue weighted by Crippen LogP contribution is -2.36. The SMILES string of the molecule is Cc1ccc(C(=O)C(C#N)C(=O)C2CCCC(C(F)(F)F)C2)s1. The molecule has 1 saturated carbocycles. The van der Waals surface area contributed by atoms with Crippen LogP contribution in [-0.2, 0) is 4.79 Å². The molecule has 1 aliphatic rings. The van der Waals surface area contributed by atoms with Crippen LogP contribution in [0, 0.1) is 36.0 Å². The van der Waals surface area contributed by atoms with Gasteiger partial charge in [0, 0.05) is 10.8 Å². The highest BCUT2D eigenvalue weighted by molar-refractivity contribution is 7.14. The van der Waals surface area contributed by atoms with E-state index < -0.39 is 35.5 Å². The zero-order chi connectivity index (χ0) is 17.2. The molecule has 0 radical (unpaired) electrons. The second-order valence-electron chi connectivity index (χ2n) is 5.84. The Morgan fingerprint density at radius 1 is 1.35 bits per heavy atom. The standard InChI is InChI=1S/C16H16F3NO2S/c1-9-5-6-13(23-9)15(22)12(8-20)14(21)10-3-2-4-11(7-10)16(17,18)19/h5-6,10-12H,2-4,7H2,1H3. The van der Waals surface area contributed by atoms with E-state index in [1.54, 1.807) is 25.1 Å². The summed E-state index contributed by atoms with van der Waals surface area (Å²) in [6.45, 7) is 1.79. The van der Waals surface area contributed by atoms with Gasteiger partial charge >= 0.3 is 6.18 Å². The van der Waals surface area contributed by atoms with Crippen LogP contribution in [0.5, 0.6) is 0 Å². The number of nitrogens with zero attached hydrogens (tertiary/aromatic N) is 1. The van der Waals surface area contributed by atoms with Crippen LogP contribution < -0.4 is 0 Å². The summed E-state index contributed by atoms with van der Waals surface area (Å²) in [6, 6.07) is 4.93. The molecule has 7 heteroatoms. The minimum Gasteiger partial charge on any atom is -0.297 e. The third-order valence-electron chi connectivity index (χ3n) is 4.20. The zero-order valence-electron chi connectivity index (χ0n) is 12.5. The van der Waals surface area contributed by atoms with Crippen molar-refractivity contribution in [3.63, 3.8) is 0 Å². The molecule has 1 aromatic rings. The Bertz CT molecular complexity index is 644. The fraction of sp³-hybridized carbons (Fsp3) is 0.562. The predicted octanol–water partition coefficient (Wildman–Crippen LogP) is 4.32. The molecule has 0 saturated heterocycles. The Hall–Kier alpha value is -1.68. The monoisotopic (exact) mass is 343 g/mol. The number of halogens is 3. The topological polar surface area (TPSA) is 57.9 Å². The van der Waals surface area contributed by atoms with E-state index in [0.717, 1.165) is 4.88 Å². The van der Waals surface area contributed by atoms with Crippen LogP contribution >= 0.6 is 11.3 Å². The van der Waals surface area contributed by atoms with Gasteiger partial charge in [-0.2, -0.15) is 18.4 Å². The van der Waals surface area contributed by atoms with Crippen LogP contribution in [0.1, 0.15) is 40.2 Å². The highest BCUT2D eigenvalue weighted by atomic mass is 32.1. The molecule has 1 heterocycles. The number of ketones is 2. The Balaban J connectivity index is 2.14. The summed E-state index contributed by atoms with van der Waals surface area (Å²) in [5, 5.41) is 9.18. The van der Waals surface area contributed by atoms with Crippen molar-refractivity contribution in [1.82, 2.24) is 0 Å². The summed E-state index contributed by atoms with van der Waals surface area (Å²) in [4.78, 5) is 25.9. The van der Waals surface area contributed by atoms with E-state index in [4.69, 9.17) is 0 Å². The lowest BCUT2D eigenvalue weighted by molar-refractivity contribution is -0.186. The Morgan fingerprint density at radius 3 is 2.57 bits per heavy atom. The van der Waals surface area contributed by atoms with Crippen molar-refractivity contribution in [2.45, 2.75) is 38.8 Å². The quantitative estimate of drug-likeness (QED) is 0.604. The largest absolute Gasteiger partial charge is 0.391 e. The second kappa shape index (κ2) is 6.83. The number of rotatable bonds is 4. The van der Waals surface area contributed by atoms with Gasteiger partial charge in [0.2, 0.25) is 0 Å². The number of aryl methyl sites for hydroxylation is 1. The minimum atomic E-state index is -4.34. The van der Waals surface area contributed by atoms with E-state index in [9.17, 15) is 28.0 Å². The second-order valence-corrected chi connectivity index (χ2v) is 7.13. The first-order valence-electron chi connectivity index (χ1n) is 7.34. The summed E-state index contributed by atoms with van der Waals surface area (Å²) in [5.74, 6) is -5.18. The Labute approximate surface area is 136 Å². The molecule has 2 rings (SSSR count). The van der Waals surface area contributed by atoms with Crippen molar-refractivity contribution >= 4 is 22.9 Å². The maximum Gasteiger partial charge on any atom is 0.391 e. The van der Waals surface area contributed by atoms with Crippen LogP contribution in [0.4, 0.5) is 13.2 Å². The first-order valence-corrected chi connectivity index (χ1v) is 8.16. The van der Waals surface area contributed by atoms with Crippen molar-refractivity contribution in [2.24, 2.45) is 17.8 Å². The Kier molecular flexibility index (Phi) is 5.25. The number of Topliss-reactive ketones (excluding diaryl/α,β-unsaturated/α-hetero) is 2. The molecule has 0 aliphatic heterocycles. The highest BCUT2D eigenvalue weighted by Gasteiger charge is 2.45. The molecule has 124 valence electrons. The summed E-state index contributed by atoms with van der Waals surface area (Å²) in [7, 11) is 0. The molecule has 23 heavy (non-hydrogen) atoms. The summed E-state index contributed by atoms with van der Waals surface area (Å²) >= 11 is 1.18. The molecule has 1 aliphatic carbocycles. The summed E-state index contributed by atoms with van der Waals surface area (Å²) in [5.41, 5.74) is 0. The number of hydrogen-bond donors (Lipinski definition) is 0. The van der Waals surface area contributed by atoms with Gasteiger partial charge in [-0.3, -0.25) is 9.59 Å². The molecule has 0 bridgehead atoms. The molecule has 0 amide bonds. The normalized spacial score (nSPS) is 23.1. The Morgan fingerprint density at radius 2 is 2.04 bits per heavy atom. The van der Waals surface area contributed by atoms with Crippen molar-refractivity contribution in [3.05, 3.63) is 21.9 Å². The molecule has 1 fully saturated rings. The predicted molar refractivity (Wildman–Crippen MR) is 79.0 cm³/mol. The number of carbonyl (C=O) groups excluding carboxylic acids is 2. The average molecular weight is 343 g/mol. The van der Waals surface area contributed by atoms with Gasteiger partial charge in [0.25, 0.3) is 0 Å². The van der Waals surface area contributed by atoms with E-state index in [0.29, 0.717) is 11.3 Å². The molecule has 1 aromatic heterocycles. The van der Waals surface area contributed by atoms with Crippen LogP contribution in [0.25, 0.3) is 0 Å². The maximum absolute atomic E-state index is 12.8. The van der Waals surface area contributed by atoms with Gasteiger partial charge in [0.05, 0.1) is 16.9 Å². The molecule has 0 aromatic carbocycles. The third-order valence-corrected chi connectivity index (χ3v) is 5.21. The fourth-order valence-electron chi connectivity index (χ4n) is 2.94. The molecule has 3 nitrogen and oxygen atoms in total. The van der Waals surface area contributed by atoms with Gasteiger partial charge in [-0.15, -0.1) is 11.3 Å². The van der Waals surface area contributed by atoms with Crippen LogP contribution in [0.15, 0.2) is 12.1 Å². The van der Waals surface area contributed by atoms with Crippen LogP contribution in [0.3, 0.4) is 0 Å².